The zero-order chi connectivity index (χ0) is 14.1. The minimum absolute atomic E-state index is 0.101. The Hall–Kier alpha value is -0.370. The van der Waals surface area contributed by atoms with Gasteiger partial charge in [-0.3, -0.25) is 4.90 Å². The molecule has 1 N–H and O–H groups in total. The number of hydrogen-bond acceptors (Lipinski definition) is 4. The Morgan fingerprint density at radius 1 is 1.42 bits per heavy atom. The summed E-state index contributed by atoms with van der Waals surface area (Å²) in [7, 11) is 0. The van der Waals surface area contributed by atoms with Crippen molar-refractivity contribution < 1.29 is 22.6 Å². The van der Waals surface area contributed by atoms with E-state index < -0.39 is 12.8 Å². The molecule has 19 heavy (non-hydrogen) atoms. The Kier molecular flexibility index (Phi) is 7.67. The summed E-state index contributed by atoms with van der Waals surface area (Å²) in [4.78, 5) is 2.13. The number of halogens is 3. The van der Waals surface area contributed by atoms with Crippen LogP contribution < -0.4 is 5.32 Å². The van der Waals surface area contributed by atoms with E-state index in [1.54, 1.807) is 0 Å². The number of nitrogens with zero attached hydrogens (tertiary/aromatic N) is 1. The van der Waals surface area contributed by atoms with Gasteiger partial charge in [-0.1, -0.05) is 6.92 Å². The summed E-state index contributed by atoms with van der Waals surface area (Å²) in [5, 5.41) is 3.31. The number of morpholine rings is 1. The van der Waals surface area contributed by atoms with Crippen LogP contribution >= 0.6 is 0 Å². The molecule has 1 aliphatic rings. The Morgan fingerprint density at radius 3 is 2.89 bits per heavy atom. The normalized spacial score (nSPS) is 21.8. The van der Waals surface area contributed by atoms with Crippen LogP contribution in [0.2, 0.25) is 0 Å². The zero-order valence-corrected chi connectivity index (χ0v) is 11.3. The molecule has 7 heteroatoms. The molecule has 4 nitrogen and oxygen atoms in total. The summed E-state index contributed by atoms with van der Waals surface area (Å²) < 4.78 is 45.9. The van der Waals surface area contributed by atoms with Gasteiger partial charge in [0.15, 0.2) is 0 Å². The molecule has 0 amide bonds. The van der Waals surface area contributed by atoms with Crippen molar-refractivity contribution in [3.05, 3.63) is 0 Å². The van der Waals surface area contributed by atoms with Gasteiger partial charge >= 0.3 is 6.18 Å². The van der Waals surface area contributed by atoms with Crippen LogP contribution in [0.3, 0.4) is 0 Å². The second kappa shape index (κ2) is 8.73. The summed E-state index contributed by atoms with van der Waals surface area (Å²) in [5.74, 6) is 0. The van der Waals surface area contributed by atoms with Gasteiger partial charge in [0, 0.05) is 25.7 Å². The third-order valence-electron chi connectivity index (χ3n) is 2.94. The molecule has 0 aliphatic carbocycles. The fourth-order valence-electron chi connectivity index (χ4n) is 1.99. The average molecular weight is 284 g/mol. The number of alkyl halides is 3. The molecule has 0 radical (unpaired) electrons. The summed E-state index contributed by atoms with van der Waals surface area (Å²) in [6.45, 7) is 5.26. The van der Waals surface area contributed by atoms with Gasteiger partial charge in [-0.15, -0.1) is 0 Å². The largest absolute Gasteiger partial charge is 0.411 e. The van der Waals surface area contributed by atoms with E-state index in [9.17, 15) is 13.2 Å². The Morgan fingerprint density at radius 2 is 2.21 bits per heavy atom. The van der Waals surface area contributed by atoms with Crippen molar-refractivity contribution in [1.82, 2.24) is 10.2 Å². The first kappa shape index (κ1) is 16.7. The molecule has 0 aromatic carbocycles. The minimum Gasteiger partial charge on any atom is -0.378 e. The lowest BCUT2D eigenvalue weighted by atomic mass is 10.2. The van der Waals surface area contributed by atoms with E-state index in [-0.39, 0.29) is 12.6 Å². The highest BCUT2D eigenvalue weighted by atomic mass is 19.4. The summed E-state index contributed by atoms with van der Waals surface area (Å²) in [6.07, 6.45) is -3.19. The van der Waals surface area contributed by atoms with E-state index in [1.165, 1.54) is 0 Å². The van der Waals surface area contributed by atoms with Crippen LogP contribution in [-0.4, -0.2) is 69.7 Å². The van der Waals surface area contributed by atoms with Crippen LogP contribution in [0.15, 0.2) is 0 Å². The first-order valence-electron chi connectivity index (χ1n) is 6.70. The molecule has 114 valence electrons. The van der Waals surface area contributed by atoms with Crippen LogP contribution in [0, 0.1) is 0 Å². The summed E-state index contributed by atoms with van der Waals surface area (Å²) >= 11 is 0. The Balaban J connectivity index is 2.20. The number of hydrogen-bond donors (Lipinski definition) is 1. The van der Waals surface area contributed by atoms with Gasteiger partial charge in [-0.25, -0.2) is 0 Å². The highest BCUT2D eigenvalue weighted by Gasteiger charge is 2.28. The van der Waals surface area contributed by atoms with E-state index >= 15 is 0 Å². The molecule has 0 aromatic heterocycles. The molecule has 1 aliphatic heterocycles. The van der Waals surface area contributed by atoms with E-state index in [0.717, 1.165) is 26.1 Å². The minimum atomic E-state index is -4.24. The van der Waals surface area contributed by atoms with Gasteiger partial charge in [-0.2, -0.15) is 13.2 Å². The molecule has 1 fully saturated rings. The van der Waals surface area contributed by atoms with Crippen molar-refractivity contribution in [3.63, 3.8) is 0 Å². The summed E-state index contributed by atoms with van der Waals surface area (Å²) in [6, 6.07) is 0.217. The molecule has 0 bridgehead atoms. The molecule has 0 aromatic rings. The first-order valence-corrected chi connectivity index (χ1v) is 6.70. The molecule has 1 rings (SSSR count). The zero-order valence-electron chi connectivity index (χ0n) is 11.3. The van der Waals surface area contributed by atoms with Crippen molar-refractivity contribution in [3.8, 4) is 0 Å². The maximum Gasteiger partial charge on any atom is 0.411 e. The van der Waals surface area contributed by atoms with Crippen molar-refractivity contribution in [2.24, 2.45) is 0 Å². The predicted molar refractivity (Wildman–Crippen MR) is 66.2 cm³/mol. The molecule has 1 unspecified atom stereocenters. The lowest BCUT2D eigenvalue weighted by molar-refractivity contribution is -0.175. The lowest BCUT2D eigenvalue weighted by Gasteiger charge is -2.35. The standard InChI is InChI=1S/C12H23F3N2O2/c1-2-3-16-8-11-9-18-6-4-17(11)5-7-19-10-12(13,14)15/h11,16H,2-10H2,1H3. The quantitative estimate of drug-likeness (QED) is 0.681. The van der Waals surface area contributed by atoms with E-state index in [2.05, 4.69) is 21.9 Å². The third-order valence-corrected chi connectivity index (χ3v) is 2.94. The molecule has 0 spiro atoms. The lowest BCUT2D eigenvalue weighted by Crippen LogP contribution is -2.51. The van der Waals surface area contributed by atoms with Crippen molar-refractivity contribution in [2.75, 3.05) is 52.6 Å². The predicted octanol–water partition coefficient (Wildman–Crippen LogP) is 1.27. The van der Waals surface area contributed by atoms with Crippen molar-refractivity contribution in [1.29, 1.82) is 0 Å². The first-order chi connectivity index (χ1) is 9.03. The maximum atomic E-state index is 11.9. The monoisotopic (exact) mass is 284 g/mol. The highest BCUT2D eigenvalue weighted by Crippen LogP contribution is 2.14. The molecule has 1 heterocycles. The summed E-state index contributed by atoms with van der Waals surface area (Å²) in [5.41, 5.74) is 0. The number of rotatable bonds is 8. The van der Waals surface area contributed by atoms with E-state index in [4.69, 9.17) is 4.74 Å². The van der Waals surface area contributed by atoms with Crippen LogP contribution in [-0.2, 0) is 9.47 Å². The average Bonchev–Trinajstić information content (AvgIpc) is 2.35. The highest BCUT2D eigenvalue weighted by molar-refractivity contribution is 4.77. The van der Waals surface area contributed by atoms with Crippen LogP contribution in [0.1, 0.15) is 13.3 Å². The molecule has 1 atom stereocenters. The van der Waals surface area contributed by atoms with Crippen LogP contribution in [0.4, 0.5) is 13.2 Å². The van der Waals surface area contributed by atoms with Crippen molar-refractivity contribution >= 4 is 0 Å². The SMILES string of the molecule is CCCNCC1COCCN1CCOCC(F)(F)F. The smallest absolute Gasteiger partial charge is 0.378 e. The van der Waals surface area contributed by atoms with E-state index in [1.807, 2.05) is 0 Å². The van der Waals surface area contributed by atoms with Gasteiger partial charge in [-0.05, 0) is 13.0 Å². The van der Waals surface area contributed by atoms with Gasteiger partial charge in [0.05, 0.1) is 19.8 Å². The van der Waals surface area contributed by atoms with Gasteiger partial charge in [0.1, 0.15) is 6.61 Å². The Bertz CT molecular complexity index is 240. The van der Waals surface area contributed by atoms with Gasteiger partial charge < -0.3 is 14.8 Å². The number of ether oxygens (including phenoxy) is 2. The molecular weight excluding hydrogens is 261 g/mol. The molecule has 0 saturated carbocycles. The second-order valence-corrected chi connectivity index (χ2v) is 4.64. The number of nitrogens with one attached hydrogen (secondary N) is 1. The van der Waals surface area contributed by atoms with Gasteiger partial charge in [0.25, 0.3) is 0 Å². The fraction of sp³-hybridized carbons (Fsp3) is 1.00. The second-order valence-electron chi connectivity index (χ2n) is 4.64. The molecule has 1 saturated heterocycles. The fourth-order valence-corrected chi connectivity index (χ4v) is 1.99. The van der Waals surface area contributed by atoms with Crippen LogP contribution in [0.5, 0.6) is 0 Å². The third kappa shape index (κ3) is 7.71. The maximum absolute atomic E-state index is 11.9. The van der Waals surface area contributed by atoms with Gasteiger partial charge in [0.2, 0.25) is 0 Å². The van der Waals surface area contributed by atoms with Crippen LogP contribution in [0.25, 0.3) is 0 Å². The molecular formula is C12H23F3N2O2. The topological polar surface area (TPSA) is 33.7 Å². The Labute approximate surface area is 112 Å². The van der Waals surface area contributed by atoms with Crippen molar-refractivity contribution in [2.45, 2.75) is 25.6 Å². The van der Waals surface area contributed by atoms with E-state index in [0.29, 0.717) is 19.8 Å².